The number of methoxy groups -OCH3 is 1. The summed E-state index contributed by atoms with van der Waals surface area (Å²) in [7, 11) is 1.73. The van der Waals surface area contributed by atoms with Crippen LogP contribution in [0.15, 0.2) is 42.5 Å². The van der Waals surface area contributed by atoms with Crippen LogP contribution in [0.4, 0.5) is 0 Å². The van der Waals surface area contributed by atoms with E-state index in [0.717, 1.165) is 43.4 Å². The molecule has 2 aliphatic rings. The molecular formula is C19H22N2O3. The van der Waals surface area contributed by atoms with E-state index in [-0.39, 0.29) is 6.04 Å². The van der Waals surface area contributed by atoms with Crippen molar-refractivity contribution in [2.75, 3.05) is 40.1 Å². The highest BCUT2D eigenvalue weighted by Crippen LogP contribution is 2.40. The number of rotatable bonds is 4. The average molecular weight is 326 g/mol. The summed E-state index contributed by atoms with van der Waals surface area (Å²) < 4.78 is 16.7. The topological polar surface area (TPSA) is 43.0 Å². The van der Waals surface area contributed by atoms with Gasteiger partial charge in [0.05, 0.1) is 13.2 Å². The van der Waals surface area contributed by atoms with Crippen molar-refractivity contribution < 1.29 is 14.2 Å². The Morgan fingerprint density at radius 1 is 1.04 bits per heavy atom. The maximum Gasteiger partial charge on any atom is 0.231 e. The number of fused-ring (bicyclic) bond motifs is 1. The third-order valence-corrected chi connectivity index (χ3v) is 4.66. The molecule has 24 heavy (non-hydrogen) atoms. The number of benzene rings is 2. The van der Waals surface area contributed by atoms with Gasteiger partial charge >= 0.3 is 0 Å². The summed E-state index contributed by atoms with van der Waals surface area (Å²) in [5.74, 6) is 2.55. The molecule has 0 spiro atoms. The number of hydrogen-bond acceptors (Lipinski definition) is 5. The van der Waals surface area contributed by atoms with E-state index in [9.17, 15) is 0 Å². The fourth-order valence-corrected chi connectivity index (χ4v) is 3.50. The molecule has 5 nitrogen and oxygen atoms in total. The zero-order valence-electron chi connectivity index (χ0n) is 13.8. The molecule has 0 bridgehead atoms. The lowest BCUT2D eigenvalue weighted by Crippen LogP contribution is -2.45. The highest BCUT2D eigenvalue weighted by atomic mass is 16.7. The smallest absolute Gasteiger partial charge is 0.231 e. The predicted molar refractivity (Wildman–Crippen MR) is 91.8 cm³/mol. The Morgan fingerprint density at radius 3 is 2.67 bits per heavy atom. The zero-order valence-corrected chi connectivity index (χ0v) is 13.8. The molecule has 0 saturated carbocycles. The van der Waals surface area contributed by atoms with Gasteiger partial charge in [0.2, 0.25) is 6.79 Å². The highest BCUT2D eigenvalue weighted by Gasteiger charge is 2.28. The Labute approximate surface area is 142 Å². The second kappa shape index (κ2) is 6.71. The Hall–Kier alpha value is -2.24. The van der Waals surface area contributed by atoms with Crippen LogP contribution in [0.25, 0.3) is 0 Å². The molecule has 0 amide bonds. The molecule has 0 aliphatic carbocycles. The second-order valence-corrected chi connectivity index (χ2v) is 6.04. The molecule has 0 radical (unpaired) electrons. The first-order valence-corrected chi connectivity index (χ1v) is 8.34. The van der Waals surface area contributed by atoms with Gasteiger partial charge in [-0.05, 0) is 23.8 Å². The van der Waals surface area contributed by atoms with E-state index in [0.29, 0.717) is 6.79 Å². The van der Waals surface area contributed by atoms with Gasteiger partial charge < -0.3 is 19.5 Å². The molecule has 2 aliphatic heterocycles. The van der Waals surface area contributed by atoms with Gasteiger partial charge in [-0.1, -0.05) is 24.3 Å². The van der Waals surface area contributed by atoms with Crippen molar-refractivity contribution in [3.63, 3.8) is 0 Å². The molecule has 5 heteroatoms. The molecule has 1 fully saturated rings. The fourth-order valence-electron chi connectivity index (χ4n) is 3.50. The normalized spacial score (nSPS) is 18.4. The van der Waals surface area contributed by atoms with Crippen LogP contribution in [0.5, 0.6) is 17.2 Å². The van der Waals surface area contributed by atoms with Crippen LogP contribution in [-0.2, 0) is 0 Å². The van der Waals surface area contributed by atoms with Gasteiger partial charge in [-0.25, -0.2) is 0 Å². The maximum atomic E-state index is 5.63. The van der Waals surface area contributed by atoms with Crippen molar-refractivity contribution in [2.45, 2.75) is 6.04 Å². The Bertz CT molecular complexity index is 714. The molecule has 1 unspecified atom stereocenters. The van der Waals surface area contributed by atoms with Crippen LogP contribution >= 0.6 is 0 Å². The maximum absolute atomic E-state index is 5.63. The Balaban J connectivity index is 1.78. The largest absolute Gasteiger partial charge is 0.496 e. The molecule has 1 saturated heterocycles. The minimum absolute atomic E-state index is 0.137. The van der Waals surface area contributed by atoms with Crippen molar-refractivity contribution >= 4 is 0 Å². The van der Waals surface area contributed by atoms with Gasteiger partial charge in [-0.15, -0.1) is 0 Å². The summed E-state index contributed by atoms with van der Waals surface area (Å²) in [6.07, 6.45) is 0. The summed E-state index contributed by atoms with van der Waals surface area (Å²) in [5, 5.41) is 3.43. The van der Waals surface area contributed by atoms with Crippen molar-refractivity contribution in [2.24, 2.45) is 0 Å². The Kier molecular flexibility index (Phi) is 4.28. The summed E-state index contributed by atoms with van der Waals surface area (Å²) in [5.41, 5.74) is 2.38. The molecule has 126 valence electrons. The van der Waals surface area contributed by atoms with Crippen molar-refractivity contribution in [1.82, 2.24) is 10.2 Å². The van der Waals surface area contributed by atoms with Crippen molar-refractivity contribution in [3.8, 4) is 17.2 Å². The first-order chi connectivity index (χ1) is 11.9. The van der Waals surface area contributed by atoms with Gasteiger partial charge in [0.25, 0.3) is 0 Å². The van der Waals surface area contributed by atoms with E-state index in [2.05, 4.69) is 34.5 Å². The average Bonchev–Trinajstić information content (AvgIpc) is 3.11. The summed E-state index contributed by atoms with van der Waals surface area (Å²) in [4.78, 5) is 2.49. The van der Waals surface area contributed by atoms with Crippen molar-refractivity contribution in [1.29, 1.82) is 0 Å². The molecular weight excluding hydrogens is 304 g/mol. The fraction of sp³-hybridized carbons (Fsp3) is 0.368. The molecule has 1 N–H and O–H groups in total. The summed E-state index contributed by atoms with van der Waals surface area (Å²) >= 11 is 0. The van der Waals surface area contributed by atoms with Crippen molar-refractivity contribution in [3.05, 3.63) is 53.6 Å². The number of ether oxygens (including phenoxy) is 3. The molecule has 2 aromatic rings. The quantitative estimate of drug-likeness (QED) is 0.935. The number of hydrogen-bond donors (Lipinski definition) is 1. The minimum atomic E-state index is 0.137. The number of nitrogens with zero attached hydrogens (tertiary/aromatic N) is 1. The second-order valence-electron chi connectivity index (χ2n) is 6.04. The summed E-state index contributed by atoms with van der Waals surface area (Å²) in [6.45, 7) is 4.28. The third kappa shape index (κ3) is 2.81. The van der Waals surface area contributed by atoms with E-state index >= 15 is 0 Å². The molecule has 0 aromatic heterocycles. The lowest BCUT2D eigenvalue weighted by molar-refractivity contribution is 0.173. The van der Waals surface area contributed by atoms with E-state index in [4.69, 9.17) is 14.2 Å². The minimum Gasteiger partial charge on any atom is -0.496 e. The van der Waals surface area contributed by atoms with E-state index in [1.807, 2.05) is 18.2 Å². The van der Waals surface area contributed by atoms with Gasteiger partial charge in [-0.3, -0.25) is 4.90 Å². The lowest BCUT2D eigenvalue weighted by Gasteiger charge is -2.36. The Morgan fingerprint density at radius 2 is 1.83 bits per heavy atom. The van der Waals surface area contributed by atoms with Gasteiger partial charge in [-0.2, -0.15) is 0 Å². The van der Waals surface area contributed by atoms with Crippen LogP contribution < -0.4 is 19.5 Å². The standard InChI is InChI=1S/C19H22N2O3/c1-22-16-5-3-2-4-15(16)19(21-10-8-20-9-11-21)14-6-7-17-18(12-14)24-13-23-17/h2-7,12,19-20H,8-11,13H2,1H3. The van der Waals surface area contributed by atoms with Crippen LogP contribution in [0.2, 0.25) is 0 Å². The predicted octanol–water partition coefficient (Wildman–Crippen LogP) is 2.42. The van der Waals surface area contributed by atoms with E-state index < -0.39 is 0 Å². The number of nitrogens with one attached hydrogen (secondary N) is 1. The van der Waals surface area contributed by atoms with Crippen LogP contribution in [0.1, 0.15) is 17.2 Å². The zero-order chi connectivity index (χ0) is 16.4. The van der Waals surface area contributed by atoms with Gasteiger partial charge in [0.1, 0.15) is 5.75 Å². The molecule has 2 heterocycles. The van der Waals surface area contributed by atoms with Crippen LogP contribution in [-0.4, -0.2) is 45.0 Å². The monoisotopic (exact) mass is 326 g/mol. The third-order valence-electron chi connectivity index (χ3n) is 4.66. The lowest BCUT2D eigenvalue weighted by atomic mass is 9.95. The molecule has 4 rings (SSSR count). The molecule has 1 atom stereocenters. The number of para-hydroxylation sites is 1. The van der Waals surface area contributed by atoms with Gasteiger partial charge in [0.15, 0.2) is 11.5 Å². The van der Waals surface area contributed by atoms with E-state index in [1.54, 1.807) is 7.11 Å². The van der Waals surface area contributed by atoms with Crippen LogP contribution in [0, 0.1) is 0 Å². The molecule has 2 aromatic carbocycles. The van der Waals surface area contributed by atoms with Crippen LogP contribution in [0.3, 0.4) is 0 Å². The first kappa shape index (κ1) is 15.3. The number of piperazine rings is 1. The summed E-state index contributed by atoms with van der Waals surface area (Å²) in [6, 6.07) is 14.6. The van der Waals surface area contributed by atoms with Gasteiger partial charge in [0, 0.05) is 31.7 Å². The first-order valence-electron chi connectivity index (χ1n) is 8.34. The SMILES string of the molecule is COc1ccccc1C(c1ccc2c(c1)OCO2)N1CCNCC1. The van der Waals surface area contributed by atoms with E-state index in [1.165, 1.54) is 11.1 Å². The highest BCUT2D eigenvalue weighted by molar-refractivity contribution is 5.49.